The molecule has 0 saturated carbocycles. The van der Waals surface area contributed by atoms with Crippen LogP contribution < -0.4 is 42.0 Å². The minimum absolute atomic E-state index is 0. The van der Waals surface area contributed by atoms with Crippen molar-refractivity contribution in [2.24, 2.45) is 0 Å². The second kappa shape index (κ2) is 18.7. The Morgan fingerprint density at radius 3 is 1.60 bits per heavy atom. The molecule has 0 heterocycles. The largest absolute Gasteiger partial charge is 1.00 e. The van der Waals surface area contributed by atoms with Gasteiger partial charge in [-0.15, -0.1) is 0 Å². The molecule has 0 fully saturated rings. The molecule has 0 bridgehead atoms. The van der Waals surface area contributed by atoms with Gasteiger partial charge in [-0.1, -0.05) is 0 Å². The maximum absolute atomic E-state index is 7.46. The normalized spacial score (nSPS) is 3.60. The van der Waals surface area contributed by atoms with E-state index in [-0.39, 0.29) is 48.6 Å². The molecule has 0 rings (SSSR count). The summed E-state index contributed by atoms with van der Waals surface area (Å²) >= 11 is 0. The van der Waals surface area contributed by atoms with E-state index in [0.717, 1.165) is 0 Å². The summed E-state index contributed by atoms with van der Waals surface area (Å²) in [6.45, 7) is 3.04. The first kappa shape index (κ1) is 16.3. The van der Waals surface area contributed by atoms with E-state index in [9.17, 15) is 0 Å². The molecule has 0 aliphatic carbocycles. The van der Waals surface area contributed by atoms with Crippen LogP contribution in [0.25, 0.3) is 0 Å². The van der Waals surface area contributed by atoms with Gasteiger partial charge in [0, 0.05) is 6.61 Å². The topological polar surface area (TPSA) is 20.2 Å². The Hall–Kier alpha value is 1.25. The van der Waals surface area contributed by atoms with Crippen LogP contribution in [-0.2, 0) is 0 Å². The molecule has 1 nitrogen and oxygen atoms in total. The molecule has 0 aromatic rings. The Balaban J connectivity index is -0.0000000200. The summed E-state index contributed by atoms with van der Waals surface area (Å²) < 4.78 is 0. The van der Waals surface area contributed by atoms with Crippen molar-refractivity contribution in [2.45, 2.75) is 0 Å². The molecule has 1 radical (unpaired) electrons. The van der Waals surface area contributed by atoms with Crippen molar-refractivity contribution in [2.75, 3.05) is 6.61 Å². The van der Waals surface area contributed by atoms with Crippen LogP contribution in [0.5, 0.6) is 0 Å². The van der Waals surface area contributed by atoms with E-state index >= 15 is 0 Å². The number of aliphatic hydroxyl groups is 1. The van der Waals surface area contributed by atoms with Crippen LogP contribution in [-0.4, -0.2) is 11.7 Å². The molecule has 27 valence electrons. The average Bonchev–Trinajstić information content (AvgIpc) is 0.918. The van der Waals surface area contributed by atoms with Gasteiger partial charge >= 0.3 is 29.6 Å². The summed E-state index contributed by atoms with van der Waals surface area (Å²) in [6.07, 6.45) is 0. The summed E-state index contributed by atoms with van der Waals surface area (Å²) in [5.41, 5.74) is 0. The number of rotatable bonds is 0. The molecule has 0 unspecified atom stereocenters. The molecular formula is C2H5ClNaO. The van der Waals surface area contributed by atoms with Crippen LogP contribution in [0.3, 0.4) is 0 Å². The Labute approximate surface area is 60.5 Å². The first-order valence-electron chi connectivity index (χ1n) is 0.816. The van der Waals surface area contributed by atoms with Gasteiger partial charge in [-0.2, -0.15) is 0 Å². The zero-order valence-electron chi connectivity index (χ0n) is 3.24. The molecule has 5 heavy (non-hydrogen) atoms. The van der Waals surface area contributed by atoms with E-state index in [0.29, 0.717) is 0 Å². The smallest absolute Gasteiger partial charge is 1.00 e. The third kappa shape index (κ3) is 35.5. The van der Waals surface area contributed by atoms with Gasteiger partial charge in [-0.05, 0) is 6.92 Å². The fourth-order valence-electron chi connectivity index (χ4n) is 0. The monoisotopic (exact) mass is 103 g/mol. The molecule has 1 N–H and O–H groups in total. The third-order valence-corrected chi connectivity index (χ3v) is 0. The van der Waals surface area contributed by atoms with Crippen LogP contribution >= 0.6 is 0 Å². The maximum atomic E-state index is 7.46. The van der Waals surface area contributed by atoms with E-state index in [2.05, 4.69) is 6.92 Å². The quantitative estimate of drug-likeness (QED) is 0.303. The minimum atomic E-state index is 0. The third-order valence-electron chi connectivity index (χ3n) is 0. The average molecular weight is 104 g/mol. The van der Waals surface area contributed by atoms with Crippen LogP contribution in [0.4, 0.5) is 0 Å². The Morgan fingerprint density at radius 1 is 1.60 bits per heavy atom. The molecule has 0 saturated heterocycles. The van der Waals surface area contributed by atoms with Gasteiger partial charge in [0.1, 0.15) is 0 Å². The minimum Gasteiger partial charge on any atom is -1.00 e. The predicted molar refractivity (Wildman–Crippen MR) is 12.4 cm³/mol. The van der Waals surface area contributed by atoms with E-state index in [1.165, 1.54) is 0 Å². The standard InChI is InChI=1S/C2H5O.ClH.Na/c1-2-3;;/h3H,1-2H2;1H;/q;;+1/p-1. The molecule has 0 spiro atoms. The molecule has 0 amide bonds. The molecule has 0 aromatic heterocycles. The molecule has 0 aromatic carbocycles. The summed E-state index contributed by atoms with van der Waals surface area (Å²) in [6, 6.07) is 0. The zero-order chi connectivity index (χ0) is 2.71. The molecule has 0 atom stereocenters. The van der Waals surface area contributed by atoms with Crippen molar-refractivity contribution in [3.63, 3.8) is 0 Å². The van der Waals surface area contributed by atoms with E-state index in [1.54, 1.807) is 0 Å². The maximum Gasteiger partial charge on any atom is 1.00 e. The van der Waals surface area contributed by atoms with Gasteiger partial charge < -0.3 is 17.5 Å². The van der Waals surface area contributed by atoms with Crippen molar-refractivity contribution in [1.82, 2.24) is 0 Å². The predicted octanol–water partition coefficient (Wildman–Crippen LogP) is -6.18. The van der Waals surface area contributed by atoms with E-state index in [1.807, 2.05) is 0 Å². The van der Waals surface area contributed by atoms with Gasteiger partial charge in [0.15, 0.2) is 0 Å². The van der Waals surface area contributed by atoms with Gasteiger partial charge in [-0.25, -0.2) is 0 Å². The van der Waals surface area contributed by atoms with Gasteiger partial charge in [0.2, 0.25) is 0 Å². The molecule has 0 aliphatic rings. The first-order valence-corrected chi connectivity index (χ1v) is 0.816. The summed E-state index contributed by atoms with van der Waals surface area (Å²) in [5, 5.41) is 7.46. The van der Waals surface area contributed by atoms with Crippen LogP contribution in [0.1, 0.15) is 0 Å². The molecular weight excluding hydrogens is 98.5 g/mol. The van der Waals surface area contributed by atoms with E-state index in [4.69, 9.17) is 5.11 Å². The summed E-state index contributed by atoms with van der Waals surface area (Å²) in [7, 11) is 0. The number of halogens is 1. The first-order chi connectivity index (χ1) is 1.41. The van der Waals surface area contributed by atoms with Crippen molar-refractivity contribution < 1.29 is 47.1 Å². The number of hydrogen-bond donors (Lipinski definition) is 1. The van der Waals surface area contributed by atoms with Crippen LogP contribution in [0, 0.1) is 6.92 Å². The summed E-state index contributed by atoms with van der Waals surface area (Å²) in [4.78, 5) is 0. The number of hydrogen-bond acceptors (Lipinski definition) is 1. The molecule has 3 heteroatoms. The van der Waals surface area contributed by atoms with Crippen molar-refractivity contribution in [3.8, 4) is 0 Å². The van der Waals surface area contributed by atoms with Gasteiger partial charge in [-0.3, -0.25) is 0 Å². The number of aliphatic hydroxyl groups excluding tert-OH is 1. The zero-order valence-corrected chi connectivity index (χ0v) is 6.00. The second-order valence-corrected chi connectivity index (χ2v) is 0.224. The fraction of sp³-hybridized carbons (Fsp3) is 0.500. The SMILES string of the molecule is [CH2]CO.[Cl-].[Na+]. The Bertz CT molecular complexity index is 9.61. The Morgan fingerprint density at radius 2 is 1.60 bits per heavy atom. The van der Waals surface area contributed by atoms with Crippen LogP contribution in [0.15, 0.2) is 0 Å². The van der Waals surface area contributed by atoms with Crippen molar-refractivity contribution in [3.05, 3.63) is 6.92 Å². The summed E-state index contributed by atoms with van der Waals surface area (Å²) in [5.74, 6) is 0. The Kier molecular flexibility index (Phi) is 61.1. The van der Waals surface area contributed by atoms with Crippen molar-refractivity contribution >= 4 is 0 Å². The van der Waals surface area contributed by atoms with Gasteiger partial charge in [0.25, 0.3) is 0 Å². The van der Waals surface area contributed by atoms with Crippen molar-refractivity contribution in [1.29, 1.82) is 0 Å². The fourth-order valence-corrected chi connectivity index (χ4v) is 0. The second-order valence-electron chi connectivity index (χ2n) is 0.224. The van der Waals surface area contributed by atoms with E-state index < -0.39 is 0 Å². The van der Waals surface area contributed by atoms with Gasteiger partial charge in [0.05, 0.1) is 0 Å². The molecule has 0 aliphatic heterocycles. The van der Waals surface area contributed by atoms with Crippen LogP contribution in [0.2, 0.25) is 0 Å².